The fourth-order valence-electron chi connectivity index (χ4n) is 3.36. The average Bonchev–Trinajstić information content (AvgIpc) is 2.68. The number of aromatic hydroxyl groups is 2. The summed E-state index contributed by atoms with van der Waals surface area (Å²) in [5.74, 6) is 0.571. The largest absolute Gasteiger partial charge is 0.507 e. The van der Waals surface area contributed by atoms with Crippen LogP contribution in [0.4, 0.5) is 0 Å². The molecule has 2 aromatic carbocycles. The van der Waals surface area contributed by atoms with Gasteiger partial charge in [0.2, 0.25) is 5.91 Å². The zero-order chi connectivity index (χ0) is 24.1. The molecule has 0 heterocycles. The molecule has 0 unspecified atom stereocenters. The highest BCUT2D eigenvalue weighted by atomic mass is 16.5. The van der Waals surface area contributed by atoms with Gasteiger partial charge in [-0.2, -0.15) is 5.10 Å². The van der Waals surface area contributed by atoms with Crippen molar-refractivity contribution in [3.8, 4) is 17.2 Å². The minimum Gasteiger partial charge on any atom is -0.507 e. The fourth-order valence-corrected chi connectivity index (χ4v) is 3.36. The van der Waals surface area contributed by atoms with E-state index in [9.17, 15) is 15.0 Å². The highest BCUT2D eigenvalue weighted by Crippen LogP contribution is 2.40. The van der Waals surface area contributed by atoms with Gasteiger partial charge in [-0.25, -0.2) is 5.43 Å². The van der Waals surface area contributed by atoms with Crippen molar-refractivity contribution in [2.75, 3.05) is 6.61 Å². The molecule has 0 saturated carbocycles. The molecule has 0 aliphatic carbocycles. The average molecular weight is 441 g/mol. The van der Waals surface area contributed by atoms with Gasteiger partial charge in [0, 0.05) is 6.42 Å². The van der Waals surface area contributed by atoms with Crippen molar-refractivity contribution < 1.29 is 19.7 Å². The normalized spacial score (nSPS) is 12.2. The van der Waals surface area contributed by atoms with Crippen LogP contribution in [0.2, 0.25) is 0 Å². The summed E-state index contributed by atoms with van der Waals surface area (Å²) in [6.07, 6.45) is 2.33. The molecule has 0 aliphatic heterocycles. The quantitative estimate of drug-likeness (QED) is 0.409. The fraction of sp³-hybridized carbons (Fsp3) is 0.462. The topological polar surface area (TPSA) is 91.2 Å². The minimum absolute atomic E-state index is 0.0613. The van der Waals surface area contributed by atoms with E-state index in [4.69, 9.17) is 4.74 Å². The molecule has 0 fully saturated rings. The van der Waals surface area contributed by atoms with Crippen LogP contribution < -0.4 is 10.2 Å². The van der Waals surface area contributed by atoms with Crippen LogP contribution in [-0.4, -0.2) is 28.9 Å². The van der Waals surface area contributed by atoms with Gasteiger partial charge in [-0.05, 0) is 64.6 Å². The van der Waals surface area contributed by atoms with E-state index in [1.54, 1.807) is 12.1 Å². The Hall–Kier alpha value is -3.02. The highest BCUT2D eigenvalue weighted by molar-refractivity contribution is 5.83. The van der Waals surface area contributed by atoms with E-state index < -0.39 is 0 Å². The SMILES string of the molecule is CCOc1cc(/C=N\NC(=O)CCc2cc(C(C)(C)C)c(O)c(C(C)(C)C)c2)ccc1O. The second kappa shape index (κ2) is 10.1. The molecular weight excluding hydrogens is 404 g/mol. The summed E-state index contributed by atoms with van der Waals surface area (Å²) >= 11 is 0. The Kier molecular flexibility index (Phi) is 7.94. The van der Waals surface area contributed by atoms with Crippen molar-refractivity contribution in [1.29, 1.82) is 0 Å². The Morgan fingerprint density at radius 1 is 1.03 bits per heavy atom. The van der Waals surface area contributed by atoms with Crippen molar-refractivity contribution in [2.24, 2.45) is 5.10 Å². The van der Waals surface area contributed by atoms with Crippen LogP contribution in [0.5, 0.6) is 17.2 Å². The molecule has 6 heteroatoms. The second-order valence-corrected chi connectivity index (χ2v) is 9.99. The number of ether oxygens (including phenoxy) is 1. The van der Waals surface area contributed by atoms with E-state index in [1.807, 2.05) is 19.1 Å². The van der Waals surface area contributed by atoms with Crippen LogP contribution in [0.1, 0.15) is 77.1 Å². The number of phenolic OH excluding ortho intramolecular Hbond substituents is 2. The van der Waals surface area contributed by atoms with Gasteiger partial charge >= 0.3 is 0 Å². The number of benzene rings is 2. The molecule has 6 nitrogen and oxygen atoms in total. The molecule has 3 N–H and O–H groups in total. The molecule has 0 aromatic heterocycles. The zero-order valence-electron chi connectivity index (χ0n) is 20.2. The van der Waals surface area contributed by atoms with Crippen LogP contribution in [-0.2, 0) is 22.0 Å². The first-order chi connectivity index (χ1) is 14.8. The predicted octanol–water partition coefficient (Wildman–Crippen LogP) is 5.17. The van der Waals surface area contributed by atoms with Gasteiger partial charge in [-0.1, -0.05) is 53.7 Å². The summed E-state index contributed by atoms with van der Waals surface area (Å²) in [6.45, 7) is 14.7. The van der Waals surface area contributed by atoms with Crippen molar-refractivity contribution in [3.63, 3.8) is 0 Å². The Bertz CT molecular complexity index is 947. The maximum Gasteiger partial charge on any atom is 0.240 e. The summed E-state index contributed by atoms with van der Waals surface area (Å²) in [5.41, 5.74) is 5.61. The van der Waals surface area contributed by atoms with Crippen LogP contribution in [0.25, 0.3) is 0 Å². The molecule has 0 spiro atoms. The van der Waals surface area contributed by atoms with Gasteiger partial charge in [-0.15, -0.1) is 0 Å². The monoisotopic (exact) mass is 440 g/mol. The number of nitrogens with one attached hydrogen (secondary N) is 1. The summed E-state index contributed by atoms with van der Waals surface area (Å²) in [7, 11) is 0. The molecule has 2 aromatic rings. The predicted molar refractivity (Wildman–Crippen MR) is 129 cm³/mol. The molecule has 0 saturated heterocycles. The molecule has 0 aliphatic rings. The number of phenols is 2. The molecule has 174 valence electrons. The Labute approximate surface area is 191 Å². The standard InChI is InChI=1S/C26H36N2O4/c1-8-32-22-15-18(9-11-21(22)29)16-27-28-23(30)12-10-17-13-19(25(2,3)4)24(31)20(14-17)26(5,6)7/h9,11,13-16,29,31H,8,10,12H2,1-7H3,(H,28,30)/b27-16-. The first-order valence-corrected chi connectivity index (χ1v) is 11.0. The van der Waals surface area contributed by atoms with Crippen molar-refractivity contribution in [2.45, 2.75) is 72.1 Å². The lowest BCUT2D eigenvalue weighted by Crippen LogP contribution is -2.20. The van der Waals surface area contributed by atoms with Crippen molar-refractivity contribution in [3.05, 3.63) is 52.6 Å². The third kappa shape index (κ3) is 6.74. The van der Waals surface area contributed by atoms with E-state index >= 15 is 0 Å². The number of amides is 1. The van der Waals surface area contributed by atoms with E-state index in [2.05, 4.69) is 52.1 Å². The first kappa shape index (κ1) is 25.2. The lowest BCUT2D eigenvalue weighted by molar-refractivity contribution is -0.121. The summed E-state index contributed by atoms with van der Waals surface area (Å²) < 4.78 is 5.35. The molecule has 0 radical (unpaired) electrons. The number of rotatable bonds is 7. The van der Waals surface area contributed by atoms with Gasteiger partial charge in [0.15, 0.2) is 11.5 Å². The number of carbonyl (C=O) groups excluding carboxylic acids is 1. The van der Waals surface area contributed by atoms with Crippen LogP contribution in [0, 0.1) is 0 Å². The number of hydrogen-bond donors (Lipinski definition) is 3. The number of hydrogen-bond acceptors (Lipinski definition) is 5. The molecule has 0 bridgehead atoms. The number of hydrazone groups is 1. The first-order valence-electron chi connectivity index (χ1n) is 11.0. The van der Waals surface area contributed by atoms with Gasteiger partial charge in [0.1, 0.15) is 5.75 Å². The number of aryl methyl sites for hydroxylation is 1. The molecule has 32 heavy (non-hydrogen) atoms. The van der Waals surface area contributed by atoms with Crippen molar-refractivity contribution >= 4 is 12.1 Å². The Balaban J connectivity index is 2.08. The zero-order valence-corrected chi connectivity index (χ0v) is 20.2. The smallest absolute Gasteiger partial charge is 0.240 e. The highest BCUT2D eigenvalue weighted by Gasteiger charge is 2.26. The summed E-state index contributed by atoms with van der Waals surface area (Å²) in [5, 5.41) is 24.6. The van der Waals surface area contributed by atoms with Gasteiger partial charge in [0.25, 0.3) is 0 Å². The van der Waals surface area contributed by atoms with E-state index in [0.29, 0.717) is 30.1 Å². The minimum atomic E-state index is -0.211. The lowest BCUT2D eigenvalue weighted by Gasteiger charge is -2.28. The van der Waals surface area contributed by atoms with Crippen LogP contribution in [0.15, 0.2) is 35.4 Å². The second-order valence-electron chi connectivity index (χ2n) is 9.99. The molecule has 1 amide bonds. The maximum atomic E-state index is 12.3. The van der Waals surface area contributed by atoms with Crippen molar-refractivity contribution in [1.82, 2.24) is 5.43 Å². The Morgan fingerprint density at radius 2 is 1.62 bits per heavy atom. The van der Waals surface area contributed by atoms with E-state index in [-0.39, 0.29) is 28.9 Å². The number of nitrogens with zero attached hydrogens (tertiary/aromatic N) is 1. The van der Waals surface area contributed by atoms with Crippen LogP contribution in [0.3, 0.4) is 0 Å². The van der Waals surface area contributed by atoms with Gasteiger partial charge in [-0.3, -0.25) is 4.79 Å². The van der Waals surface area contributed by atoms with Gasteiger partial charge in [0.05, 0.1) is 12.8 Å². The summed E-state index contributed by atoms with van der Waals surface area (Å²) in [6, 6.07) is 8.86. The maximum absolute atomic E-state index is 12.3. The van der Waals surface area contributed by atoms with E-state index in [1.165, 1.54) is 12.3 Å². The molecule has 2 rings (SSSR count). The molecular formula is C26H36N2O4. The third-order valence-electron chi connectivity index (χ3n) is 5.11. The molecule has 0 atom stereocenters. The third-order valence-corrected chi connectivity index (χ3v) is 5.11. The summed E-state index contributed by atoms with van der Waals surface area (Å²) in [4.78, 5) is 12.3. The van der Waals surface area contributed by atoms with E-state index in [0.717, 1.165) is 16.7 Å². The number of carbonyl (C=O) groups is 1. The lowest BCUT2D eigenvalue weighted by atomic mass is 9.78. The van der Waals surface area contributed by atoms with Crippen LogP contribution >= 0.6 is 0 Å². The Morgan fingerprint density at radius 3 is 2.16 bits per heavy atom. The van der Waals surface area contributed by atoms with Gasteiger partial charge < -0.3 is 14.9 Å².